The SMILES string of the molecule is Clc1ccc(CN2CCc3nnc(C4CCCO4)n3CC2)cc1. The predicted octanol–water partition coefficient (Wildman–Crippen LogP) is 2.84. The molecule has 6 heteroatoms. The molecule has 1 unspecified atom stereocenters. The molecule has 1 atom stereocenters. The molecule has 0 bridgehead atoms. The quantitative estimate of drug-likeness (QED) is 0.867. The smallest absolute Gasteiger partial charge is 0.162 e. The zero-order chi connectivity index (χ0) is 15.6. The van der Waals surface area contributed by atoms with Crippen LogP contribution >= 0.6 is 11.6 Å². The minimum Gasteiger partial charge on any atom is -0.370 e. The van der Waals surface area contributed by atoms with E-state index in [4.69, 9.17) is 16.3 Å². The molecular formula is C17H21ClN4O. The predicted molar refractivity (Wildman–Crippen MR) is 88.4 cm³/mol. The van der Waals surface area contributed by atoms with Crippen LogP contribution < -0.4 is 0 Å². The van der Waals surface area contributed by atoms with Gasteiger partial charge in [0.05, 0.1) is 0 Å². The molecule has 0 saturated carbocycles. The molecule has 1 saturated heterocycles. The first-order chi connectivity index (χ1) is 11.3. The molecule has 2 aromatic rings. The summed E-state index contributed by atoms with van der Waals surface area (Å²) in [6, 6.07) is 8.12. The van der Waals surface area contributed by atoms with Crippen LogP contribution in [0.4, 0.5) is 0 Å². The molecule has 3 heterocycles. The van der Waals surface area contributed by atoms with Gasteiger partial charge in [0.15, 0.2) is 5.82 Å². The van der Waals surface area contributed by atoms with Gasteiger partial charge in [0.25, 0.3) is 0 Å². The Hall–Kier alpha value is -1.43. The Morgan fingerprint density at radius 3 is 2.78 bits per heavy atom. The maximum atomic E-state index is 5.96. The first-order valence-electron chi connectivity index (χ1n) is 8.30. The van der Waals surface area contributed by atoms with E-state index in [1.165, 1.54) is 5.56 Å². The van der Waals surface area contributed by atoms with Crippen LogP contribution in [0, 0.1) is 0 Å². The van der Waals surface area contributed by atoms with E-state index < -0.39 is 0 Å². The number of benzene rings is 1. The van der Waals surface area contributed by atoms with Gasteiger partial charge in [-0.15, -0.1) is 10.2 Å². The maximum absolute atomic E-state index is 5.96. The molecule has 1 aromatic heterocycles. The lowest BCUT2D eigenvalue weighted by atomic mass is 10.2. The van der Waals surface area contributed by atoms with Crippen molar-refractivity contribution in [3.8, 4) is 0 Å². The number of hydrogen-bond donors (Lipinski definition) is 0. The lowest BCUT2D eigenvalue weighted by molar-refractivity contribution is 0.101. The van der Waals surface area contributed by atoms with E-state index in [2.05, 4.69) is 31.8 Å². The Morgan fingerprint density at radius 1 is 1.13 bits per heavy atom. The van der Waals surface area contributed by atoms with Crippen LogP contribution in [0.2, 0.25) is 5.02 Å². The molecule has 5 nitrogen and oxygen atoms in total. The molecule has 0 spiro atoms. The van der Waals surface area contributed by atoms with E-state index in [0.717, 1.165) is 68.7 Å². The summed E-state index contributed by atoms with van der Waals surface area (Å²) < 4.78 is 8.06. The standard InChI is InChI=1S/C17H21ClN4O/c18-14-5-3-13(4-6-14)12-21-8-7-16-19-20-17(22(16)10-9-21)15-2-1-11-23-15/h3-6,15H,1-2,7-12H2. The van der Waals surface area contributed by atoms with Gasteiger partial charge in [-0.2, -0.15) is 0 Å². The van der Waals surface area contributed by atoms with Gasteiger partial charge in [-0.25, -0.2) is 0 Å². The summed E-state index contributed by atoms with van der Waals surface area (Å²) in [5.74, 6) is 2.11. The number of fused-ring (bicyclic) bond motifs is 1. The van der Waals surface area contributed by atoms with Crippen molar-refractivity contribution >= 4 is 11.6 Å². The Bertz CT molecular complexity index is 664. The van der Waals surface area contributed by atoms with Gasteiger partial charge >= 0.3 is 0 Å². The Balaban J connectivity index is 1.45. The highest BCUT2D eigenvalue weighted by molar-refractivity contribution is 6.30. The first-order valence-corrected chi connectivity index (χ1v) is 8.68. The van der Waals surface area contributed by atoms with Crippen molar-refractivity contribution in [1.29, 1.82) is 0 Å². The summed E-state index contributed by atoms with van der Waals surface area (Å²) in [6.45, 7) is 4.74. The van der Waals surface area contributed by atoms with E-state index in [1.807, 2.05) is 12.1 Å². The van der Waals surface area contributed by atoms with Gasteiger partial charge in [0.2, 0.25) is 0 Å². The van der Waals surface area contributed by atoms with Gasteiger partial charge in [0, 0.05) is 44.2 Å². The van der Waals surface area contributed by atoms with Crippen LogP contribution in [-0.4, -0.2) is 39.4 Å². The monoisotopic (exact) mass is 332 g/mol. The second-order valence-corrected chi connectivity index (χ2v) is 6.72. The molecule has 0 radical (unpaired) electrons. The molecule has 2 aliphatic rings. The third-order valence-corrected chi connectivity index (χ3v) is 4.94. The maximum Gasteiger partial charge on any atom is 0.162 e. The van der Waals surface area contributed by atoms with Crippen molar-refractivity contribution in [2.45, 2.75) is 38.5 Å². The van der Waals surface area contributed by atoms with Gasteiger partial charge in [-0.1, -0.05) is 23.7 Å². The summed E-state index contributed by atoms with van der Waals surface area (Å²) in [5, 5.41) is 9.59. The molecule has 1 aromatic carbocycles. The third kappa shape index (κ3) is 3.27. The van der Waals surface area contributed by atoms with Crippen LogP contribution in [0.3, 0.4) is 0 Å². The Morgan fingerprint density at radius 2 is 2.00 bits per heavy atom. The molecule has 2 aliphatic heterocycles. The van der Waals surface area contributed by atoms with Crippen LogP contribution in [0.5, 0.6) is 0 Å². The van der Waals surface area contributed by atoms with Crippen LogP contribution in [-0.2, 0) is 24.2 Å². The van der Waals surface area contributed by atoms with Crippen molar-refractivity contribution in [2.24, 2.45) is 0 Å². The van der Waals surface area contributed by atoms with Crippen molar-refractivity contribution in [1.82, 2.24) is 19.7 Å². The number of aromatic nitrogens is 3. The zero-order valence-electron chi connectivity index (χ0n) is 13.1. The fraction of sp³-hybridized carbons (Fsp3) is 0.529. The van der Waals surface area contributed by atoms with Gasteiger partial charge in [0.1, 0.15) is 11.9 Å². The lowest BCUT2D eigenvalue weighted by Crippen LogP contribution is -2.26. The number of ether oxygens (including phenoxy) is 1. The van der Waals surface area contributed by atoms with Crippen molar-refractivity contribution in [3.63, 3.8) is 0 Å². The Kier molecular flexibility index (Phi) is 4.33. The molecule has 0 amide bonds. The summed E-state index contributed by atoms with van der Waals surface area (Å²) >= 11 is 5.96. The van der Waals surface area contributed by atoms with Gasteiger partial charge in [-0.3, -0.25) is 4.90 Å². The number of rotatable bonds is 3. The summed E-state index contributed by atoms with van der Waals surface area (Å²) in [6.07, 6.45) is 3.26. The van der Waals surface area contributed by atoms with Gasteiger partial charge < -0.3 is 9.30 Å². The van der Waals surface area contributed by atoms with Crippen molar-refractivity contribution in [3.05, 3.63) is 46.5 Å². The van der Waals surface area contributed by atoms with E-state index in [1.54, 1.807) is 0 Å². The topological polar surface area (TPSA) is 43.2 Å². The van der Waals surface area contributed by atoms with Crippen LogP contribution in [0.25, 0.3) is 0 Å². The number of nitrogens with zero attached hydrogens (tertiary/aromatic N) is 4. The van der Waals surface area contributed by atoms with E-state index >= 15 is 0 Å². The van der Waals surface area contributed by atoms with E-state index in [-0.39, 0.29) is 6.10 Å². The summed E-state index contributed by atoms with van der Waals surface area (Å²) in [5.41, 5.74) is 1.30. The van der Waals surface area contributed by atoms with Crippen LogP contribution in [0.1, 0.15) is 36.2 Å². The highest BCUT2D eigenvalue weighted by atomic mass is 35.5. The minimum atomic E-state index is 0.138. The average molecular weight is 333 g/mol. The fourth-order valence-corrected chi connectivity index (χ4v) is 3.54. The largest absolute Gasteiger partial charge is 0.370 e. The third-order valence-electron chi connectivity index (χ3n) is 4.68. The highest BCUT2D eigenvalue weighted by Gasteiger charge is 2.26. The van der Waals surface area contributed by atoms with Crippen LogP contribution in [0.15, 0.2) is 24.3 Å². The van der Waals surface area contributed by atoms with Gasteiger partial charge in [-0.05, 0) is 30.5 Å². The fourth-order valence-electron chi connectivity index (χ4n) is 3.41. The van der Waals surface area contributed by atoms with E-state index in [0.29, 0.717) is 0 Å². The molecule has 23 heavy (non-hydrogen) atoms. The van der Waals surface area contributed by atoms with Crippen molar-refractivity contribution in [2.75, 3.05) is 19.7 Å². The molecule has 122 valence electrons. The molecule has 0 N–H and O–H groups in total. The molecular weight excluding hydrogens is 312 g/mol. The number of hydrogen-bond acceptors (Lipinski definition) is 4. The van der Waals surface area contributed by atoms with E-state index in [9.17, 15) is 0 Å². The summed E-state index contributed by atoms with van der Waals surface area (Å²) in [4.78, 5) is 2.47. The number of halogens is 1. The zero-order valence-corrected chi connectivity index (χ0v) is 13.9. The first kappa shape index (κ1) is 15.1. The second-order valence-electron chi connectivity index (χ2n) is 6.28. The normalized spacial score (nSPS) is 22.0. The molecule has 0 aliphatic carbocycles. The second kappa shape index (κ2) is 6.59. The molecule has 1 fully saturated rings. The minimum absolute atomic E-state index is 0.138. The summed E-state index contributed by atoms with van der Waals surface area (Å²) in [7, 11) is 0. The van der Waals surface area contributed by atoms with Crippen molar-refractivity contribution < 1.29 is 4.74 Å². The molecule has 4 rings (SSSR count). The lowest BCUT2D eigenvalue weighted by Gasteiger charge is -2.20. The highest BCUT2D eigenvalue weighted by Crippen LogP contribution is 2.28. The average Bonchev–Trinajstić information content (AvgIpc) is 3.17. The Labute approximate surface area is 141 Å².